The number of nitrogens with zero attached hydrogens (tertiary/aromatic N) is 1. The number of carbonyl (C=O) groups is 2. The van der Waals surface area contributed by atoms with E-state index in [1.54, 1.807) is 7.11 Å². The van der Waals surface area contributed by atoms with Crippen molar-refractivity contribution >= 4 is 11.8 Å². The molecule has 17 heavy (non-hydrogen) atoms. The monoisotopic (exact) mass is 240 g/mol. The van der Waals surface area contributed by atoms with Crippen molar-refractivity contribution in [1.82, 2.24) is 10.2 Å². The molecule has 0 aromatic heterocycles. The van der Waals surface area contributed by atoms with E-state index < -0.39 is 0 Å². The summed E-state index contributed by atoms with van der Waals surface area (Å²) >= 11 is 0. The minimum Gasteiger partial charge on any atom is -0.383 e. The smallest absolute Gasteiger partial charge is 0.229 e. The van der Waals surface area contributed by atoms with Crippen molar-refractivity contribution in [3.63, 3.8) is 0 Å². The molecule has 0 aromatic rings. The Labute approximate surface area is 101 Å². The van der Waals surface area contributed by atoms with Crippen LogP contribution < -0.4 is 5.32 Å². The molecule has 0 aliphatic carbocycles. The highest BCUT2D eigenvalue weighted by Gasteiger charge is 2.43. The predicted octanol–water partition coefficient (Wildman–Crippen LogP) is 0.152. The molecule has 0 unspecified atom stereocenters. The van der Waals surface area contributed by atoms with Gasteiger partial charge in [-0.3, -0.25) is 14.5 Å². The first kappa shape index (κ1) is 12.5. The first-order valence-electron chi connectivity index (χ1n) is 6.20. The molecular formula is C12H20N2O3. The van der Waals surface area contributed by atoms with Gasteiger partial charge in [-0.15, -0.1) is 0 Å². The number of likely N-dealkylation sites (tertiary alicyclic amines) is 1. The van der Waals surface area contributed by atoms with E-state index in [4.69, 9.17) is 4.74 Å². The standard InChI is InChI=1S/C12H20N2O3/c1-17-7-6-14-10(15)8-12(9-11(14)16)2-4-13-5-3-12/h13H,2-9H2,1H3. The largest absolute Gasteiger partial charge is 0.383 e. The maximum Gasteiger partial charge on any atom is 0.229 e. The van der Waals surface area contributed by atoms with Crippen molar-refractivity contribution in [3.8, 4) is 0 Å². The molecule has 2 amide bonds. The summed E-state index contributed by atoms with van der Waals surface area (Å²) in [6.45, 7) is 2.64. The molecule has 2 rings (SSSR count). The molecule has 2 aliphatic heterocycles. The maximum absolute atomic E-state index is 12.0. The van der Waals surface area contributed by atoms with Crippen LogP contribution in [-0.2, 0) is 14.3 Å². The van der Waals surface area contributed by atoms with Gasteiger partial charge in [0.15, 0.2) is 0 Å². The lowest BCUT2D eigenvalue weighted by Gasteiger charge is -2.42. The van der Waals surface area contributed by atoms with E-state index in [1.807, 2.05) is 0 Å². The molecule has 0 radical (unpaired) electrons. The molecule has 0 atom stereocenters. The van der Waals surface area contributed by atoms with E-state index in [9.17, 15) is 9.59 Å². The fourth-order valence-corrected chi connectivity index (χ4v) is 2.78. The molecule has 96 valence electrons. The highest BCUT2D eigenvalue weighted by atomic mass is 16.5. The lowest BCUT2D eigenvalue weighted by Crippen LogP contribution is -2.51. The lowest BCUT2D eigenvalue weighted by atomic mass is 9.71. The Kier molecular flexibility index (Phi) is 3.79. The van der Waals surface area contributed by atoms with Crippen LogP contribution in [0.3, 0.4) is 0 Å². The fraction of sp³-hybridized carbons (Fsp3) is 0.833. The summed E-state index contributed by atoms with van der Waals surface area (Å²) in [6.07, 6.45) is 2.90. The number of rotatable bonds is 3. The highest BCUT2D eigenvalue weighted by molar-refractivity contribution is 5.98. The average Bonchev–Trinajstić information content (AvgIpc) is 2.29. The number of hydrogen-bond donors (Lipinski definition) is 1. The third-order valence-electron chi connectivity index (χ3n) is 3.84. The zero-order valence-corrected chi connectivity index (χ0v) is 10.3. The summed E-state index contributed by atoms with van der Waals surface area (Å²) in [6, 6.07) is 0. The molecule has 0 saturated carbocycles. The number of methoxy groups -OCH3 is 1. The van der Waals surface area contributed by atoms with E-state index >= 15 is 0 Å². The van der Waals surface area contributed by atoms with Crippen LogP contribution in [0.15, 0.2) is 0 Å². The van der Waals surface area contributed by atoms with Crippen LogP contribution in [0.4, 0.5) is 0 Å². The molecule has 2 aliphatic rings. The highest BCUT2D eigenvalue weighted by Crippen LogP contribution is 2.40. The van der Waals surface area contributed by atoms with Gasteiger partial charge in [-0.05, 0) is 31.3 Å². The summed E-state index contributed by atoms with van der Waals surface area (Å²) in [5.74, 6) is -0.0552. The first-order valence-corrected chi connectivity index (χ1v) is 6.20. The van der Waals surface area contributed by atoms with Gasteiger partial charge in [0.2, 0.25) is 11.8 Å². The number of imide groups is 1. The van der Waals surface area contributed by atoms with Crippen molar-refractivity contribution in [2.45, 2.75) is 25.7 Å². The zero-order valence-electron chi connectivity index (χ0n) is 10.3. The van der Waals surface area contributed by atoms with Crippen molar-refractivity contribution < 1.29 is 14.3 Å². The van der Waals surface area contributed by atoms with E-state index in [0.29, 0.717) is 26.0 Å². The van der Waals surface area contributed by atoms with Crippen molar-refractivity contribution in [3.05, 3.63) is 0 Å². The molecule has 1 spiro atoms. The summed E-state index contributed by atoms with van der Waals surface area (Å²) in [7, 11) is 1.58. The van der Waals surface area contributed by atoms with Gasteiger partial charge in [-0.1, -0.05) is 0 Å². The van der Waals surface area contributed by atoms with Crippen molar-refractivity contribution in [2.24, 2.45) is 5.41 Å². The molecular weight excluding hydrogens is 220 g/mol. The van der Waals surface area contributed by atoms with Crippen LogP contribution >= 0.6 is 0 Å². The molecule has 2 fully saturated rings. The van der Waals surface area contributed by atoms with E-state index in [2.05, 4.69) is 5.32 Å². The topological polar surface area (TPSA) is 58.6 Å². The molecule has 2 saturated heterocycles. The second-order valence-electron chi connectivity index (χ2n) is 5.04. The van der Waals surface area contributed by atoms with Crippen LogP contribution in [0.25, 0.3) is 0 Å². The summed E-state index contributed by atoms with van der Waals surface area (Å²) in [5, 5.41) is 3.28. The first-order chi connectivity index (χ1) is 8.17. The van der Waals surface area contributed by atoms with Gasteiger partial charge in [0.1, 0.15) is 0 Å². The molecule has 2 heterocycles. The Balaban J connectivity index is 2.01. The molecule has 5 heteroatoms. The van der Waals surface area contributed by atoms with Crippen LogP contribution in [0.5, 0.6) is 0 Å². The molecule has 0 aromatic carbocycles. The van der Waals surface area contributed by atoms with E-state index in [0.717, 1.165) is 25.9 Å². The van der Waals surface area contributed by atoms with Crippen molar-refractivity contribution in [2.75, 3.05) is 33.4 Å². The second-order valence-corrected chi connectivity index (χ2v) is 5.04. The van der Waals surface area contributed by atoms with Gasteiger partial charge < -0.3 is 10.1 Å². The lowest BCUT2D eigenvalue weighted by molar-refractivity contribution is -0.155. The summed E-state index contributed by atoms with van der Waals surface area (Å²) in [4.78, 5) is 25.4. The fourth-order valence-electron chi connectivity index (χ4n) is 2.78. The van der Waals surface area contributed by atoms with E-state index in [1.165, 1.54) is 4.90 Å². The van der Waals surface area contributed by atoms with Gasteiger partial charge in [-0.2, -0.15) is 0 Å². The molecule has 0 bridgehead atoms. The SMILES string of the molecule is COCCN1C(=O)CC2(CCNCC2)CC1=O. The second kappa shape index (κ2) is 5.14. The zero-order chi connectivity index (χ0) is 12.3. The van der Waals surface area contributed by atoms with Gasteiger partial charge in [0.25, 0.3) is 0 Å². The average molecular weight is 240 g/mol. The number of hydrogen-bond acceptors (Lipinski definition) is 4. The third-order valence-corrected chi connectivity index (χ3v) is 3.84. The molecule has 1 N–H and O–H groups in total. The Morgan fingerprint density at radius 2 is 1.82 bits per heavy atom. The van der Waals surface area contributed by atoms with Gasteiger partial charge >= 0.3 is 0 Å². The Hall–Kier alpha value is -0.940. The Morgan fingerprint density at radius 3 is 2.35 bits per heavy atom. The number of ether oxygens (including phenoxy) is 1. The maximum atomic E-state index is 12.0. The number of carbonyl (C=O) groups excluding carboxylic acids is 2. The van der Waals surface area contributed by atoms with Crippen LogP contribution in [0.1, 0.15) is 25.7 Å². The van der Waals surface area contributed by atoms with Crippen LogP contribution in [0.2, 0.25) is 0 Å². The number of piperidine rings is 2. The van der Waals surface area contributed by atoms with E-state index in [-0.39, 0.29) is 17.2 Å². The molecule has 5 nitrogen and oxygen atoms in total. The quantitative estimate of drug-likeness (QED) is 0.714. The van der Waals surface area contributed by atoms with Crippen LogP contribution in [-0.4, -0.2) is 50.1 Å². The Morgan fingerprint density at radius 1 is 1.24 bits per heavy atom. The number of nitrogens with one attached hydrogen (secondary N) is 1. The third kappa shape index (κ3) is 2.66. The van der Waals surface area contributed by atoms with Crippen LogP contribution in [0, 0.1) is 5.41 Å². The summed E-state index contributed by atoms with van der Waals surface area (Å²) < 4.78 is 4.92. The van der Waals surface area contributed by atoms with Crippen molar-refractivity contribution in [1.29, 1.82) is 0 Å². The minimum absolute atomic E-state index is 0.0276. The van der Waals surface area contributed by atoms with Gasteiger partial charge in [0.05, 0.1) is 13.2 Å². The predicted molar refractivity (Wildman–Crippen MR) is 62.4 cm³/mol. The normalized spacial score (nSPS) is 24.4. The van der Waals surface area contributed by atoms with Gasteiger partial charge in [-0.25, -0.2) is 0 Å². The Bertz CT molecular complexity index is 291. The van der Waals surface area contributed by atoms with Gasteiger partial charge in [0, 0.05) is 20.0 Å². The minimum atomic E-state index is -0.0665. The number of amides is 2. The summed E-state index contributed by atoms with van der Waals surface area (Å²) in [5.41, 5.74) is -0.0665.